The molecule has 30 heavy (non-hydrogen) atoms. The summed E-state index contributed by atoms with van der Waals surface area (Å²) >= 11 is 0. The molecule has 158 valence electrons. The SMILES string of the molecule is Cc1ccc(S(=O)(=O)C(C)Cc2cc(O)c(-c3c(C)cc(C)cc3C)c(=O)o2)cc1. The average molecular weight is 427 g/mol. The van der Waals surface area contributed by atoms with Crippen LogP contribution in [0.1, 0.15) is 34.9 Å². The predicted octanol–water partition coefficient (Wildman–Crippen LogP) is 4.65. The van der Waals surface area contributed by atoms with Crippen molar-refractivity contribution >= 4 is 9.84 Å². The Bertz CT molecular complexity index is 1230. The van der Waals surface area contributed by atoms with E-state index in [0.717, 1.165) is 22.3 Å². The molecule has 6 heteroatoms. The molecule has 0 fully saturated rings. The van der Waals surface area contributed by atoms with Gasteiger partial charge in [0, 0.05) is 12.5 Å². The Morgan fingerprint density at radius 1 is 0.900 bits per heavy atom. The number of hydrogen-bond donors (Lipinski definition) is 1. The van der Waals surface area contributed by atoms with Crippen molar-refractivity contribution in [3.8, 4) is 16.9 Å². The Hall–Kier alpha value is -2.86. The minimum absolute atomic E-state index is 0.0227. The zero-order chi connectivity index (χ0) is 22.2. The van der Waals surface area contributed by atoms with Crippen molar-refractivity contribution in [2.45, 2.75) is 51.2 Å². The quantitative estimate of drug-likeness (QED) is 0.642. The van der Waals surface area contributed by atoms with E-state index >= 15 is 0 Å². The van der Waals surface area contributed by atoms with E-state index in [1.54, 1.807) is 31.2 Å². The van der Waals surface area contributed by atoms with Crippen LogP contribution in [0.25, 0.3) is 11.1 Å². The van der Waals surface area contributed by atoms with Gasteiger partial charge in [0.25, 0.3) is 0 Å². The third kappa shape index (κ3) is 4.19. The van der Waals surface area contributed by atoms with Crippen LogP contribution in [0.3, 0.4) is 0 Å². The van der Waals surface area contributed by atoms with Crippen molar-refractivity contribution in [3.63, 3.8) is 0 Å². The molecule has 1 aromatic heterocycles. The fraction of sp³-hybridized carbons (Fsp3) is 0.292. The topological polar surface area (TPSA) is 84.6 Å². The van der Waals surface area contributed by atoms with E-state index in [1.807, 2.05) is 39.8 Å². The lowest BCUT2D eigenvalue weighted by Crippen LogP contribution is -2.21. The smallest absolute Gasteiger partial charge is 0.347 e. The van der Waals surface area contributed by atoms with E-state index < -0.39 is 20.7 Å². The predicted molar refractivity (Wildman–Crippen MR) is 118 cm³/mol. The zero-order valence-corrected chi connectivity index (χ0v) is 18.6. The minimum Gasteiger partial charge on any atom is -0.507 e. The van der Waals surface area contributed by atoms with E-state index in [9.17, 15) is 18.3 Å². The molecule has 1 atom stereocenters. The van der Waals surface area contributed by atoms with Crippen LogP contribution in [0.2, 0.25) is 0 Å². The molecule has 3 rings (SSSR count). The lowest BCUT2D eigenvalue weighted by atomic mass is 9.94. The van der Waals surface area contributed by atoms with E-state index in [4.69, 9.17) is 4.42 Å². The molecule has 0 aliphatic carbocycles. The first-order valence-corrected chi connectivity index (χ1v) is 11.3. The van der Waals surface area contributed by atoms with Gasteiger partial charge in [-0.2, -0.15) is 0 Å². The second kappa shape index (κ2) is 8.11. The highest BCUT2D eigenvalue weighted by molar-refractivity contribution is 7.92. The molecule has 0 saturated heterocycles. The highest BCUT2D eigenvalue weighted by Crippen LogP contribution is 2.33. The summed E-state index contributed by atoms with van der Waals surface area (Å²) in [6, 6.07) is 11.8. The highest BCUT2D eigenvalue weighted by Gasteiger charge is 2.26. The number of benzene rings is 2. The summed E-state index contributed by atoms with van der Waals surface area (Å²) in [4.78, 5) is 12.9. The molecule has 0 radical (unpaired) electrons. The van der Waals surface area contributed by atoms with Gasteiger partial charge < -0.3 is 9.52 Å². The van der Waals surface area contributed by atoms with Gasteiger partial charge in [-0.15, -0.1) is 0 Å². The molecule has 3 aromatic rings. The molecule has 1 heterocycles. The Labute approximate surface area is 176 Å². The molecule has 0 saturated carbocycles. The summed E-state index contributed by atoms with van der Waals surface area (Å²) in [6.45, 7) is 9.16. The lowest BCUT2D eigenvalue weighted by molar-refractivity contribution is 0.425. The van der Waals surface area contributed by atoms with Gasteiger partial charge in [0.05, 0.1) is 10.1 Å². The van der Waals surface area contributed by atoms with Crippen molar-refractivity contribution in [1.82, 2.24) is 0 Å². The summed E-state index contributed by atoms with van der Waals surface area (Å²) in [6.07, 6.45) is -0.0227. The number of rotatable bonds is 5. The summed E-state index contributed by atoms with van der Waals surface area (Å²) in [5.41, 5.74) is 3.80. The second-order valence-electron chi connectivity index (χ2n) is 7.91. The Morgan fingerprint density at radius 2 is 1.47 bits per heavy atom. The maximum atomic E-state index is 12.8. The maximum absolute atomic E-state index is 12.8. The second-order valence-corrected chi connectivity index (χ2v) is 10.3. The van der Waals surface area contributed by atoms with Gasteiger partial charge in [-0.25, -0.2) is 13.2 Å². The maximum Gasteiger partial charge on any atom is 0.347 e. The van der Waals surface area contributed by atoms with Gasteiger partial charge >= 0.3 is 5.63 Å². The van der Waals surface area contributed by atoms with Crippen LogP contribution in [0, 0.1) is 27.7 Å². The summed E-state index contributed by atoms with van der Waals surface area (Å²) in [7, 11) is -3.60. The number of aromatic hydroxyl groups is 1. The zero-order valence-electron chi connectivity index (χ0n) is 17.8. The molecule has 0 spiro atoms. The van der Waals surface area contributed by atoms with Gasteiger partial charge in [-0.05, 0) is 63.4 Å². The monoisotopic (exact) mass is 426 g/mol. The largest absolute Gasteiger partial charge is 0.507 e. The van der Waals surface area contributed by atoms with Crippen molar-refractivity contribution in [2.24, 2.45) is 0 Å². The molecule has 0 amide bonds. The van der Waals surface area contributed by atoms with Crippen LogP contribution in [-0.2, 0) is 16.3 Å². The van der Waals surface area contributed by atoms with Crippen LogP contribution < -0.4 is 5.63 Å². The summed E-state index contributed by atoms with van der Waals surface area (Å²) < 4.78 is 31.1. The first-order valence-electron chi connectivity index (χ1n) is 9.75. The normalized spacial score (nSPS) is 12.7. The van der Waals surface area contributed by atoms with Crippen molar-refractivity contribution in [2.75, 3.05) is 0 Å². The van der Waals surface area contributed by atoms with Gasteiger partial charge in [-0.3, -0.25) is 0 Å². The van der Waals surface area contributed by atoms with E-state index in [-0.39, 0.29) is 28.4 Å². The average Bonchev–Trinajstić information content (AvgIpc) is 2.63. The Morgan fingerprint density at radius 3 is 2.00 bits per heavy atom. The molecule has 0 bridgehead atoms. The van der Waals surface area contributed by atoms with Crippen molar-refractivity contribution in [1.29, 1.82) is 0 Å². The van der Waals surface area contributed by atoms with E-state index in [2.05, 4.69) is 0 Å². The molecule has 0 aliphatic rings. The third-order valence-electron chi connectivity index (χ3n) is 5.28. The van der Waals surface area contributed by atoms with Crippen LogP contribution in [0.5, 0.6) is 5.75 Å². The Balaban J connectivity index is 1.96. The molecule has 1 N–H and O–H groups in total. The standard InChI is InChI=1S/C24H26O5S/c1-14-6-8-20(9-7-14)30(27,28)18(5)12-19-13-21(25)23(24(26)29-19)22-16(3)10-15(2)11-17(22)4/h6-11,13,18,25H,12H2,1-5H3. The van der Waals surface area contributed by atoms with Gasteiger partial charge in [0.1, 0.15) is 17.1 Å². The third-order valence-corrected chi connectivity index (χ3v) is 7.43. The fourth-order valence-electron chi connectivity index (χ4n) is 3.79. The molecule has 5 nitrogen and oxygen atoms in total. The van der Waals surface area contributed by atoms with Crippen molar-refractivity contribution in [3.05, 3.63) is 80.9 Å². The highest BCUT2D eigenvalue weighted by atomic mass is 32.2. The number of aryl methyl sites for hydroxylation is 4. The lowest BCUT2D eigenvalue weighted by Gasteiger charge is -2.15. The minimum atomic E-state index is -3.60. The van der Waals surface area contributed by atoms with Gasteiger partial charge in [0.2, 0.25) is 0 Å². The summed E-state index contributed by atoms with van der Waals surface area (Å²) in [5.74, 6) is -0.0805. The van der Waals surface area contributed by atoms with E-state index in [1.165, 1.54) is 6.07 Å². The number of hydrogen-bond acceptors (Lipinski definition) is 5. The van der Waals surface area contributed by atoms with E-state index in [0.29, 0.717) is 5.56 Å². The van der Waals surface area contributed by atoms with Gasteiger partial charge in [0.15, 0.2) is 9.84 Å². The first-order chi connectivity index (χ1) is 14.0. The van der Waals surface area contributed by atoms with Crippen LogP contribution in [0.15, 0.2) is 56.6 Å². The number of sulfone groups is 1. The molecular weight excluding hydrogens is 400 g/mol. The molecule has 0 aliphatic heterocycles. The van der Waals surface area contributed by atoms with Crippen molar-refractivity contribution < 1.29 is 17.9 Å². The summed E-state index contributed by atoms with van der Waals surface area (Å²) in [5, 5.41) is 9.77. The molecular formula is C24H26O5S. The molecule has 2 aromatic carbocycles. The fourth-order valence-corrected chi connectivity index (χ4v) is 5.15. The van der Waals surface area contributed by atoms with Crippen LogP contribution in [0.4, 0.5) is 0 Å². The van der Waals surface area contributed by atoms with Gasteiger partial charge in [-0.1, -0.05) is 35.4 Å². The Kier molecular flexibility index (Phi) is 5.90. The van der Waals surface area contributed by atoms with Crippen LogP contribution in [-0.4, -0.2) is 18.8 Å². The van der Waals surface area contributed by atoms with Crippen LogP contribution >= 0.6 is 0 Å². The first kappa shape index (κ1) is 21.8. The molecule has 1 unspecified atom stereocenters.